The topological polar surface area (TPSA) is 386 Å². The molecule has 2 aliphatic rings. The Labute approximate surface area is 411 Å². The van der Waals surface area contributed by atoms with Crippen LogP contribution in [-0.2, 0) is 40.5 Å². The Hall–Kier alpha value is -6.68. The summed E-state index contributed by atoms with van der Waals surface area (Å²) in [5, 5.41) is 7.88. The van der Waals surface area contributed by atoms with Crippen LogP contribution in [0, 0.1) is 0 Å². The number of rotatable bonds is 12. The van der Waals surface area contributed by atoms with Crippen molar-refractivity contribution in [3.63, 3.8) is 0 Å². The van der Waals surface area contributed by atoms with Crippen molar-refractivity contribution in [1.29, 1.82) is 0 Å². The first-order chi connectivity index (χ1) is 32.8. The highest BCUT2D eigenvalue weighted by molar-refractivity contribution is 7.86. The van der Waals surface area contributed by atoms with Crippen LogP contribution in [0.4, 0.5) is 57.9 Å². The number of anilines is 8. The van der Waals surface area contributed by atoms with Gasteiger partial charge in [-0.15, -0.1) is 0 Å². The van der Waals surface area contributed by atoms with E-state index in [1.807, 2.05) is 0 Å². The number of nitrogens with zero attached hydrogens (tertiary/aromatic N) is 8. The van der Waals surface area contributed by atoms with Crippen molar-refractivity contribution in [2.45, 2.75) is 19.6 Å². The fraction of sp³-hybridized carbons (Fsp3) is 0. The molecule has 34 heteroatoms. The highest BCUT2D eigenvalue weighted by Crippen LogP contribution is 2.49. The number of nitrogens with one attached hydrogen (secondary N) is 4. The lowest BCUT2D eigenvalue weighted by Gasteiger charge is -2.23. The van der Waals surface area contributed by atoms with E-state index in [2.05, 4.69) is 61.2 Å². The summed E-state index contributed by atoms with van der Waals surface area (Å²) in [6.07, 6.45) is 0. The number of aromatic nitrogens is 6. The van der Waals surface area contributed by atoms with Crippen LogP contribution in [0.25, 0.3) is 0 Å². The zero-order valence-corrected chi connectivity index (χ0v) is 39.8. The van der Waals surface area contributed by atoms with Gasteiger partial charge in [-0.05, 0) is 71.7 Å². The number of hydrogen-bond acceptors (Lipinski definition) is 22. The van der Waals surface area contributed by atoms with Crippen LogP contribution in [0.2, 0.25) is 20.6 Å². The maximum Gasteiger partial charge on any atom is 0.300 e. The smallest absolute Gasteiger partial charge is 0.300 e. The van der Waals surface area contributed by atoms with E-state index in [0.717, 1.165) is 24.3 Å². The highest BCUT2D eigenvalue weighted by Gasteiger charge is 2.35. The quantitative estimate of drug-likeness (QED) is 0.0586. The molecule has 0 amide bonds. The molecule has 0 aliphatic carbocycles. The average molecular weight is 1110 g/mol. The minimum atomic E-state index is -5.27. The van der Waals surface area contributed by atoms with E-state index in [9.17, 15) is 51.9 Å². The zero-order valence-electron chi connectivity index (χ0n) is 33.5. The summed E-state index contributed by atoms with van der Waals surface area (Å²) >= 11 is 25.8. The Morgan fingerprint density at radius 2 is 0.729 bits per heavy atom. The molecule has 70 heavy (non-hydrogen) atoms. The van der Waals surface area contributed by atoms with Crippen molar-refractivity contribution in [1.82, 2.24) is 29.9 Å². The number of fused-ring (bicyclic) bond motifs is 4. The number of hydrogen-bond donors (Lipinski definition) is 8. The Morgan fingerprint density at radius 3 is 1.06 bits per heavy atom. The molecular weight excluding hydrogens is 1090 g/mol. The molecule has 9 rings (SSSR count). The first-order valence-electron chi connectivity index (χ1n) is 18.5. The minimum absolute atomic E-state index is 0.170. The summed E-state index contributed by atoms with van der Waals surface area (Å²) in [5.41, 5.74) is -1.74. The molecule has 8 N–H and O–H groups in total. The van der Waals surface area contributed by atoms with Crippen LogP contribution in [0.1, 0.15) is 0 Å². The normalized spacial score (nSPS) is 12.9. The van der Waals surface area contributed by atoms with E-state index in [-0.39, 0.29) is 45.4 Å². The Kier molecular flexibility index (Phi) is 12.2. The molecule has 0 fully saturated rings. The Bertz CT molecular complexity index is 3790. The SMILES string of the molecule is O=S(=O)(O)c1ccccc1Nc1nc(Cl)nc(Nc2ccc3c(c2S(=O)(=O)O)Oc2c(Cl)c4c(c(Cl)c2=N3)Oc2c(ccc(Nc3nc(Cl)nc(Nc5ccccc5S(=O)(=O)O)n3)c2S(=O)(=O)O)N=4)n1. The summed E-state index contributed by atoms with van der Waals surface area (Å²) in [4.78, 5) is 29.5. The molecule has 0 bridgehead atoms. The van der Waals surface area contributed by atoms with Crippen molar-refractivity contribution in [2.24, 2.45) is 9.98 Å². The number of ether oxygens (including phenoxy) is 2. The minimum Gasteiger partial charge on any atom is -0.450 e. The Morgan fingerprint density at radius 1 is 0.400 bits per heavy atom. The molecule has 0 unspecified atom stereocenters. The molecule has 2 aromatic heterocycles. The van der Waals surface area contributed by atoms with E-state index in [0.29, 0.717) is 0 Å². The second-order valence-corrected chi connectivity index (χ2v) is 20.8. The number of para-hydroxylation sites is 2. The van der Waals surface area contributed by atoms with Gasteiger partial charge in [0.05, 0.1) is 22.7 Å². The maximum atomic E-state index is 13.1. The lowest BCUT2D eigenvalue weighted by molar-refractivity contribution is 0.428. The first kappa shape index (κ1) is 48.3. The van der Waals surface area contributed by atoms with Gasteiger partial charge in [0.25, 0.3) is 40.5 Å². The summed E-state index contributed by atoms with van der Waals surface area (Å²) < 4.78 is 152. The molecule has 4 heterocycles. The summed E-state index contributed by atoms with van der Waals surface area (Å²) in [7, 11) is -20.0. The molecule has 26 nitrogen and oxygen atoms in total. The Balaban J connectivity index is 1.07. The van der Waals surface area contributed by atoms with Crippen LogP contribution < -0.4 is 41.5 Å². The van der Waals surface area contributed by atoms with Crippen molar-refractivity contribution >= 4 is 145 Å². The van der Waals surface area contributed by atoms with E-state index < -0.39 is 127 Å². The van der Waals surface area contributed by atoms with Gasteiger partial charge in [-0.3, -0.25) is 18.2 Å². The molecule has 7 aromatic rings. The van der Waals surface area contributed by atoms with Gasteiger partial charge in [-0.1, -0.05) is 47.5 Å². The zero-order chi connectivity index (χ0) is 50.2. The predicted octanol–water partition coefficient (Wildman–Crippen LogP) is 6.75. The second kappa shape index (κ2) is 17.6. The van der Waals surface area contributed by atoms with E-state index >= 15 is 0 Å². The summed E-state index contributed by atoms with van der Waals surface area (Å²) in [6.45, 7) is 0. The van der Waals surface area contributed by atoms with Gasteiger partial charge in [0.2, 0.25) is 34.4 Å². The van der Waals surface area contributed by atoms with Crippen molar-refractivity contribution in [3.8, 4) is 23.0 Å². The third-order valence-electron chi connectivity index (χ3n) is 9.35. The third kappa shape index (κ3) is 9.49. The van der Waals surface area contributed by atoms with Crippen molar-refractivity contribution < 1.29 is 61.4 Å². The number of halogens is 4. The molecule has 0 radical (unpaired) electrons. The standard InChI is InChI=1S/C36H20Cl4N12O14S4/c37-21-24-28(66-26-16(42-24)10-12-18(30(26)70(62,63)64)46-36-50-32(40)48-34(52-36)44-14-6-2-4-8-20(14)68(56,57)58)22(38)23-27(21)65-25-15(41-23)9-11-17(29(25)69(59,60)61)45-35-49-31(39)47-33(51-35)43-13-5-1-3-7-19(13)67(53,54)55/h1-12H,(H,53,54,55)(H,56,57,58)(H,59,60,61)(H,62,63,64)(H2,43,45,47,49,51)(H2,44,46,48,50,52). The van der Waals surface area contributed by atoms with Crippen LogP contribution in [0.3, 0.4) is 0 Å². The third-order valence-corrected chi connectivity index (χ3v) is 14.1. The maximum absolute atomic E-state index is 13.1. The van der Waals surface area contributed by atoms with Gasteiger partial charge >= 0.3 is 0 Å². The van der Waals surface area contributed by atoms with Crippen LogP contribution >= 0.6 is 46.4 Å². The fourth-order valence-corrected chi connectivity index (χ4v) is 10.3. The highest BCUT2D eigenvalue weighted by atomic mass is 35.5. The molecular formula is C36H20Cl4N12O14S4. The van der Waals surface area contributed by atoms with Gasteiger partial charge in [0, 0.05) is 0 Å². The van der Waals surface area contributed by atoms with Gasteiger partial charge < -0.3 is 30.7 Å². The van der Waals surface area contributed by atoms with Gasteiger partial charge in [-0.2, -0.15) is 63.6 Å². The van der Waals surface area contributed by atoms with Crippen LogP contribution in [-0.4, -0.2) is 81.8 Å². The monoisotopic (exact) mass is 1110 g/mol. The largest absolute Gasteiger partial charge is 0.450 e. The van der Waals surface area contributed by atoms with Crippen molar-refractivity contribution in [3.05, 3.63) is 104 Å². The molecule has 0 atom stereocenters. The van der Waals surface area contributed by atoms with Crippen LogP contribution in [0.15, 0.2) is 102 Å². The summed E-state index contributed by atoms with van der Waals surface area (Å²) in [6, 6.07) is 14.9. The molecule has 360 valence electrons. The van der Waals surface area contributed by atoms with E-state index in [1.165, 1.54) is 48.5 Å². The molecule has 0 spiro atoms. The molecule has 0 saturated heterocycles. The summed E-state index contributed by atoms with van der Waals surface area (Å²) in [5.74, 6) is -3.72. The molecule has 5 aromatic carbocycles. The second-order valence-electron chi connectivity index (χ2n) is 13.9. The molecule has 0 saturated carbocycles. The van der Waals surface area contributed by atoms with Gasteiger partial charge in [0.1, 0.15) is 41.9 Å². The predicted molar refractivity (Wildman–Crippen MR) is 246 cm³/mol. The lowest BCUT2D eigenvalue weighted by Crippen LogP contribution is -2.23. The van der Waals surface area contributed by atoms with Gasteiger partial charge in [0.15, 0.2) is 32.8 Å². The van der Waals surface area contributed by atoms with E-state index in [1.54, 1.807) is 0 Å². The first-order valence-corrected chi connectivity index (χ1v) is 25.8. The van der Waals surface area contributed by atoms with E-state index in [4.69, 9.17) is 55.9 Å². The average Bonchev–Trinajstić information content (AvgIpc) is 3.25. The van der Waals surface area contributed by atoms with Crippen LogP contribution in [0.5, 0.6) is 23.0 Å². The lowest BCUT2D eigenvalue weighted by atomic mass is 10.2. The number of benzene rings is 5. The molecule has 2 aliphatic heterocycles. The fourth-order valence-electron chi connectivity index (χ4n) is 6.64. The van der Waals surface area contributed by atoms with Gasteiger partial charge in [-0.25, -0.2) is 9.98 Å². The van der Waals surface area contributed by atoms with Crippen molar-refractivity contribution in [2.75, 3.05) is 21.3 Å².